The van der Waals surface area contributed by atoms with Crippen molar-refractivity contribution in [3.05, 3.63) is 25.0 Å². The van der Waals surface area contributed by atoms with E-state index < -0.39 is 32.2 Å². The molecule has 2 radical (unpaired) electrons. The van der Waals surface area contributed by atoms with Gasteiger partial charge in [-0.1, -0.05) is 0 Å². The van der Waals surface area contributed by atoms with E-state index in [0.717, 1.165) is 0 Å². The zero-order chi connectivity index (χ0) is 21.3. The summed E-state index contributed by atoms with van der Waals surface area (Å²) in [6.45, 7) is 0.864. The first-order chi connectivity index (χ1) is 14.4. The molecule has 1 N–H and O–H groups in total. The molecule has 30 heavy (non-hydrogen) atoms. The Bertz CT molecular complexity index is 1050. The average molecular weight is 436 g/mol. The Labute approximate surface area is 173 Å². The maximum atomic E-state index is 10.8. The normalized spacial score (nSPS) is 23.8. The number of aromatic nitrogens is 5. The Morgan fingerprint density at radius 1 is 1.33 bits per heavy atom. The fraction of sp³-hybridized carbons (Fsp3) is 0.500. The molecular weight excluding hydrogens is 416 g/mol. The van der Waals surface area contributed by atoms with E-state index in [2.05, 4.69) is 15.0 Å². The smallest absolute Gasteiger partial charge is 0.434 e. The van der Waals surface area contributed by atoms with E-state index in [1.165, 1.54) is 14.0 Å². The van der Waals surface area contributed by atoms with Crippen molar-refractivity contribution in [2.45, 2.75) is 31.8 Å². The molecule has 0 bridgehead atoms. The molecule has 12 nitrogen and oxygen atoms in total. The summed E-state index contributed by atoms with van der Waals surface area (Å²) in [6, 6.07) is 0. The SMILES string of the molecule is [B][P+](OC)(OCOC(C)=O)OC[C@@H]1C[C@H](O)[C@H](n2cnc3c2ncn2ccnc32)O1. The number of rotatable bonds is 8. The summed E-state index contributed by atoms with van der Waals surface area (Å²) in [6.07, 6.45) is 4.91. The molecule has 3 aromatic rings. The minimum Gasteiger partial charge on any atom is -0.434 e. The molecule has 0 amide bonds. The summed E-state index contributed by atoms with van der Waals surface area (Å²) in [5.74, 6) is -0.517. The van der Waals surface area contributed by atoms with Crippen molar-refractivity contribution < 1.29 is 32.9 Å². The monoisotopic (exact) mass is 436 g/mol. The number of aliphatic hydroxyl groups is 1. The number of fused-ring (bicyclic) bond motifs is 3. The van der Waals surface area contributed by atoms with E-state index in [1.807, 2.05) is 0 Å². The van der Waals surface area contributed by atoms with E-state index in [4.69, 9.17) is 30.6 Å². The number of carbonyl (C=O) groups is 1. The van der Waals surface area contributed by atoms with Crippen molar-refractivity contribution in [3.8, 4) is 0 Å². The Morgan fingerprint density at radius 2 is 2.17 bits per heavy atom. The number of esters is 1. The lowest BCUT2D eigenvalue weighted by Gasteiger charge is -2.20. The third kappa shape index (κ3) is 4.17. The Morgan fingerprint density at radius 3 is 2.93 bits per heavy atom. The lowest BCUT2D eigenvalue weighted by atomic mass is 10.2. The second-order valence-electron chi connectivity index (χ2n) is 6.58. The van der Waals surface area contributed by atoms with Gasteiger partial charge in [-0.25, -0.2) is 15.0 Å². The van der Waals surface area contributed by atoms with Crippen LogP contribution in [0.2, 0.25) is 0 Å². The van der Waals surface area contributed by atoms with Gasteiger partial charge in [0.05, 0.1) is 19.5 Å². The van der Waals surface area contributed by atoms with Crippen LogP contribution >= 0.6 is 7.82 Å². The summed E-state index contributed by atoms with van der Waals surface area (Å²) in [7, 11) is 4.07. The van der Waals surface area contributed by atoms with E-state index in [0.29, 0.717) is 23.2 Å². The fourth-order valence-corrected chi connectivity index (χ4v) is 3.99. The van der Waals surface area contributed by atoms with Gasteiger partial charge in [-0.2, -0.15) is 13.6 Å². The van der Waals surface area contributed by atoms with Crippen LogP contribution in [0.25, 0.3) is 16.8 Å². The molecule has 1 aliphatic rings. The fourth-order valence-electron chi connectivity index (χ4n) is 3.13. The van der Waals surface area contributed by atoms with Crippen LogP contribution in [0.3, 0.4) is 0 Å². The van der Waals surface area contributed by atoms with Crippen LogP contribution in [0.5, 0.6) is 0 Å². The van der Waals surface area contributed by atoms with Gasteiger partial charge < -0.3 is 14.6 Å². The first-order valence-electron chi connectivity index (χ1n) is 9.03. The molecule has 0 aliphatic carbocycles. The molecule has 158 valence electrons. The van der Waals surface area contributed by atoms with E-state index in [1.54, 1.807) is 34.0 Å². The predicted octanol–water partition coefficient (Wildman–Crippen LogP) is 0.774. The second-order valence-corrected chi connectivity index (χ2v) is 8.54. The van der Waals surface area contributed by atoms with Gasteiger partial charge in [0.15, 0.2) is 23.0 Å². The summed E-state index contributed by atoms with van der Waals surface area (Å²) in [5, 5.41) is 10.5. The van der Waals surface area contributed by atoms with Crippen LogP contribution in [-0.4, -0.2) is 75.3 Å². The van der Waals surface area contributed by atoms with Crippen molar-refractivity contribution in [3.63, 3.8) is 0 Å². The quantitative estimate of drug-likeness (QED) is 0.234. The maximum absolute atomic E-state index is 10.8. The number of aliphatic hydroxyl groups excluding tert-OH is 1. The molecule has 0 spiro atoms. The minimum atomic E-state index is -3.20. The second kappa shape index (κ2) is 8.54. The van der Waals surface area contributed by atoms with Crippen LogP contribution in [0.15, 0.2) is 25.0 Å². The van der Waals surface area contributed by atoms with E-state index in [-0.39, 0.29) is 13.4 Å². The Kier molecular flexibility index (Phi) is 6.01. The molecule has 4 atom stereocenters. The number of carbonyl (C=O) groups excluding carboxylic acids is 1. The van der Waals surface area contributed by atoms with Gasteiger partial charge in [-0.15, -0.1) is 0 Å². The van der Waals surface area contributed by atoms with Gasteiger partial charge in [0.25, 0.3) is 0 Å². The van der Waals surface area contributed by atoms with Gasteiger partial charge in [-0.3, -0.25) is 13.8 Å². The molecule has 0 saturated carbocycles. The molecule has 14 heteroatoms. The third-order valence-corrected chi connectivity index (χ3v) is 6.06. The number of ether oxygens (including phenoxy) is 2. The van der Waals surface area contributed by atoms with Gasteiger partial charge >= 0.3 is 21.4 Å². The first-order valence-corrected chi connectivity index (χ1v) is 10.6. The molecule has 1 unspecified atom stereocenters. The highest BCUT2D eigenvalue weighted by molar-refractivity contribution is 7.85. The Hall–Kier alpha value is -2.15. The summed E-state index contributed by atoms with van der Waals surface area (Å²) < 4.78 is 29.9. The lowest BCUT2D eigenvalue weighted by molar-refractivity contribution is -0.148. The molecule has 4 rings (SSSR count). The van der Waals surface area contributed by atoms with Crippen LogP contribution in [-0.2, 0) is 27.8 Å². The molecule has 1 aliphatic heterocycles. The van der Waals surface area contributed by atoms with Crippen molar-refractivity contribution in [1.29, 1.82) is 0 Å². The lowest BCUT2D eigenvalue weighted by Crippen LogP contribution is -2.20. The van der Waals surface area contributed by atoms with Gasteiger partial charge in [0.2, 0.25) is 6.79 Å². The topological polar surface area (TPSA) is 131 Å². The molecule has 3 aromatic heterocycles. The first kappa shape index (κ1) is 21.1. The Balaban J connectivity index is 1.42. The highest BCUT2D eigenvalue weighted by Crippen LogP contribution is 2.57. The van der Waals surface area contributed by atoms with Crippen molar-refractivity contribution >= 4 is 38.2 Å². The molecule has 0 aromatic carbocycles. The number of hydrogen-bond acceptors (Lipinski definition) is 10. The summed E-state index contributed by atoms with van der Waals surface area (Å²) in [4.78, 5) is 23.9. The predicted molar refractivity (Wildman–Crippen MR) is 104 cm³/mol. The largest absolute Gasteiger partial charge is 0.488 e. The standard InChI is InChI=1S/C16H20BN5O7P/c1-10(23)26-9-28-30(17,25-2)27-6-11-5-12(24)16(29-11)22-8-19-13-14-18-3-4-21(14)7-20-15(13)22/h3-4,7-8,11-12,16,24H,5-6,9H2,1-2H3/q+1/t11-,12-,16+,30?/m0/s1. The molecular formula is C16H20BN5O7P+. The number of hydrogen-bond donors (Lipinski definition) is 1. The third-order valence-electron chi connectivity index (χ3n) is 4.58. The van der Waals surface area contributed by atoms with Crippen LogP contribution < -0.4 is 0 Å². The van der Waals surface area contributed by atoms with Gasteiger partial charge in [0.1, 0.15) is 19.0 Å². The van der Waals surface area contributed by atoms with Gasteiger partial charge in [-0.05, 0) is 0 Å². The highest BCUT2D eigenvalue weighted by Gasteiger charge is 2.42. The molecule has 1 saturated heterocycles. The number of imidazole rings is 2. The summed E-state index contributed by atoms with van der Waals surface area (Å²) in [5.41, 5.74) is 1.80. The maximum Gasteiger partial charge on any atom is 0.488 e. The zero-order valence-electron chi connectivity index (χ0n) is 16.3. The molecule has 1 fully saturated rings. The highest BCUT2D eigenvalue weighted by atomic mass is 31.2. The van der Waals surface area contributed by atoms with Crippen LogP contribution in [0, 0.1) is 0 Å². The zero-order valence-corrected chi connectivity index (χ0v) is 17.2. The van der Waals surface area contributed by atoms with E-state index in [9.17, 15) is 9.90 Å². The van der Waals surface area contributed by atoms with E-state index >= 15 is 0 Å². The van der Waals surface area contributed by atoms with Crippen molar-refractivity contribution in [2.24, 2.45) is 0 Å². The van der Waals surface area contributed by atoms with Crippen molar-refractivity contribution in [1.82, 2.24) is 23.9 Å². The van der Waals surface area contributed by atoms with Crippen molar-refractivity contribution in [2.75, 3.05) is 20.5 Å². The summed E-state index contributed by atoms with van der Waals surface area (Å²) >= 11 is 0. The van der Waals surface area contributed by atoms with Gasteiger partial charge in [0, 0.05) is 25.7 Å². The van der Waals surface area contributed by atoms with Crippen LogP contribution in [0.1, 0.15) is 19.6 Å². The minimum absolute atomic E-state index is 0.0102. The molecule has 4 heterocycles. The number of nitrogens with zero attached hydrogens (tertiary/aromatic N) is 5. The van der Waals surface area contributed by atoms with Crippen LogP contribution in [0.4, 0.5) is 0 Å². The average Bonchev–Trinajstić information content (AvgIpc) is 3.43.